The van der Waals surface area contributed by atoms with E-state index in [1.54, 1.807) is 0 Å². The fraction of sp³-hybridized carbons (Fsp3) is 0.176. The Morgan fingerprint density at radius 2 is 1.81 bits per heavy atom. The van der Waals surface area contributed by atoms with Gasteiger partial charge in [0.05, 0.1) is 0 Å². The highest BCUT2D eigenvalue weighted by Gasteiger charge is 2.20. The van der Waals surface area contributed by atoms with Crippen molar-refractivity contribution >= 4 is 33.6 Å². The van der Waals surface area contributed by atoms with Crippen molar-refractivity contribution < 1.29 is 4.42 Å². The molecule has 1 atom stereocenters. The molecule has 21 heavy (non-hydrogen) atoms. The van der Waals surface area contributed by atoms with Crippen LogP contribution in [0, 0.1) is 17.4 Å². The normalized spacial score (nSPS) is 12.8. The van der Waals surface area contributed by atoms with Gasteiger partial charge in [0.15, 0.2) is 0 Å². The van der Waals surface area contributed by atoms with Crippen molar-refractivity contribution in [1.29, 1.82) is 0 Å². The van der Waals surface area contributed by atoms with E-state index in [1.165, 1.54) is 9.13 Å². The monoisotopic (exact) mass is 392 g/mol. The Balaban J connectivity index is 2.14. The molecule has 1 heterocycles. The molecule has 1 unspecified atom stereocenters. The molecule has 3 N–H and O–H groups in total. The van der Waals surface area contributed by atoms with Crippen LogP contribution in [0.2, 0.25) is 0 Å². The number of rotatable bonds is 3. The predicted octanol–water partition coefficient (Wildman–Crippen LogP) is 4.21. The lowest BCUT2D eigenvalue weighted by atomic mass is 10.0. The zero-order valence-corrected chi connectivity index (χ0v) is 14.1. The topological polar surface area (TPSA) is 51.2 Å². The summed E-state index contributed by atoms with van der Waals surface area (Å²) in [6, 6.07) is 14.3. The summed E-state index contributed by atoms with van der Waals surface area (Å²) in [5, 5.41) is 1.10. The van der Waals surface area contributed by atoms with Gasteiger partial charge in [0.1, 0.15) is 17.4 Å². The lowest BCUT2D eigenvalue weighted by molar-refractivity contribution is 0.475. The van der Waals surface area contributed by atoms with Crippen LogP contribution in [0.25, 0.3) is 11.0 Å². The van der Waals surface area contributed by atoms with E-state index in [-0.39, 0.29) is 6.04 Å². The molecule has 0 bridgehead atoms. The largest absolute Gasteiger partial charge is 0.459 e. The van der Waals surface area contributed by atoms with Gasteiger partial charge in [-0.3, -0.25) is 5.84 Å². The molecule has 0 aliphatic rings. The molecule has 0 saturated carbocycles. The molecule has 1 aromatic heterocycles. The van der Waals surface area contributed by atoms with Crippen molar-refractivity contribution in [3.63, 3.8) is 0 Å². The fourth-order valence-corrected chi connectivity index (χ4v) is 3.26. The van der Waals surface area contributed by atoms with E-state index in [2.05, 4.69) is 72.2 Å². The van der Waals surface area contributed by atoms with Crippen LogP contribution in [-0.2, 0) is 0 Å². The lowest BCUT2D eigenvalue weighted by Gasteiger charge is -2.16. The number of fused-ring (bicyclic) bond motifs is 1. The van der Waals surface area contributed by atoms with Crippen molar-refractivity contribution in [2.75, 3.05) is 0 Å². The lowest BCUT2D eigenvalue weighted by Crippen LogP contribution is -2.29. The molecule has 0 aliphatic carbocycles. The number of benzene rings is 2. The van der Waals surface area contributed by atoms with Gasteiger partial charge in [0.2, 0.25) is 0 Å². The summed E-state index contributed by atoms with van der Waals surface area (Å²) >= 11 is 2.36. The molecule has 0 amide bonds. The number of nitrogens with one attached hydrogen (secondary N) is 1. The number of nitrogens with two attached hydrogens (primary N) is 1. The third-order valence-electron chi connectivity index (χ3n) is 3.74. The Bertz CT molecular complexity index is 795. The molecule has 2 aromatic carbocycles. The second-order valence-corrected chi connectivity index (χ2v) is 6.30. The minimum absolute atomic E-state index is 0.149. The van der Waals surface area contributed by atoms with Crippen LogP contribution in [0.4, 0.5) is 0 Å². The molecular formula is C17H17IN2O. The molecule has 3 nitrogen and oxygen atoms in total. The van der Waals surface area contributed by atoms with Crippen LogP contribution >= 0.6 is 22.6 Å². The summed E-state index contributed by atoms with van der Waals surface area (Å²) < 4.78 is 7.26. The highest BCUT2D eigenvalue weighted by atomic mass is 127. The van der Waals surface area contributed by atoms with E-state index in [9.17, 15) is 0 Å². The van der Waals surface area contributed by atoms with E-state index >= 15 is 0 Å². The van der Waals surface area contributed by atoms with Crippen LogP contribution in [0.5, 0.6) is 0 Å². The fourth-order valence-electron chi connectivity index (χ4n) is 2.59. The average molecular weight is 392 g/mol. The summed E-state index contributed by atoms with van der Waals surface area (Å²) in [5.74, 6) is 6.64. The van der Waals surface area contributed by atoms with Gasteiger partial charge in [-0.2, -0.15) is 0 Å². The molecule has 0 radical (unpaired) electrons. The number of hydrazine groups is 1. The molecule has 0 saturated heterocycles. The first-order chi connectivity index (χ1) is 10.1. The predicted molar refractivity (Wildman–Crippen MR) is 94.0 cm³/mol. The standard InChI is InChI=1S/C17H17IN2O/c1-10-5-4-8-13(15(10)18)16(20-19)14-9-12-7-3-6-11(2)17(12)21-14/h3-9,16,20H,19H2,1-2H3. The minimum Gasteiger partial charge on any atom is -0.459 e. The molecular weight excluding hydrogens is 375 g/mol. The highest BCUT2D eigenvalue weighted by molar-refractivity contribution is 14.1. The van der Waals surface area contributed by atoms with Gasteiger partial charge in [-0.1, -0.05) is 36.4 Å². The van der Waals surface area contributed by atoms with Crippen LogP contribution < -0.4 is 11.3 Å². The van der Waals surface area contributed by atoms with Crippen molar-refractivity contribution in [3.05, 3.63) is 68.5 Å². The van der Waals surface area contributed by atoms with Crippen LogP contribution in [-0.4, -0.2) is 0 Å². The van der Waals surface area contributed by atoms with Crippen LogP contribution in [0.3, 0.4) is 0 Å². The highest BCUT2D eigenvalue weighted by Crippen LogP contribution is 2.32. The summed E-state index contributed by atoms with van der Waals surface area (Å²) in [6.07, 6.45) is 0. The van der Waals surface area contributed by atoms with E-state index in [1.807, 2.05) is 12.1 Å². The van der Waals surface area contributed by atoms with Crippen molar-refractivity contribution in [2.45, 2.75) is 19.9 Å². The van der Waals surface area contributed by atoms with Crippen molar-refractivity contribution in [3.8, 4) is 0 Å². The number of aryl methyl sites for hydroxylation is 2. The minimum atomic E-state index is -0.149. The number of hydrogen-bond donors (Lipinski definition) is 2. The first-order valence-electron chi connectivity index (χ1n) is 6.82. The van der Waals surface area contributed by atoms with Gasteiger partial charge in [0, 0.05) is 8.96 Å². The quantitative estimate of drug-likeness (QED) is 0.399. The maximum Gasteiger partial charge on any atom is 0.137 e. The first-order valence-corrected chi connectivity index (χ1v) is 7.90. The molecule has 108 valence electrons. The van der Waals surface area contributed by atoms with Crippen LogP contribution in [0.15, 0.2) is 46.9 Å². The Kier molecular flexibility index (Phi) is 4.01. The van der Waals surface area contributed by atoms with Crippen LogP contribution in [0.1, 0.15) is 28.5 Å². The Morgan fingerprint density at radius 1 is 1.10 bits per heavy atom. The first kappa shape index (κ1) is 14.6. The van der Waals surface area contributed by atoms with E-state index in [0.29, 0.717) is 0 Å². The van der Waals surface area contributed by atoms with Gasteiger partial charge >= 0.3 is 0 Å². The van der Waals surface area contributed by atoms with Crippen molar-refractivity contribution in [1.82, 2.24) is 5.43 Å². The average Bonchev–Trinajstić information content (AvgIpc) is 2.89. The smallest absolute Gasteiger partial charge is 0.137 e. The summed E-state index contributed by atoms with van der Waals surface area (Å²) in [7, 11) is 0. The zero-order chi connectivity index (χ0) is 15.0. The van der Waals surface area contributed by atoms with Gasteiger partial charge in [-0.05, 0) is 59.2 Å². The SMILES string of the molecule is Cc1cccc(C(NN)c2cc3cccc(C)c3o2)c1I. The zero-order valence-electron chi connectivity index (χ0n) is 12.0. The third-order valence-corrected chi connectivity index (χ3v) is 5.22. The Morgan fingerprint density at radius 3 is 2.52 bits per heavy atom. The summed E-state index contributed by atoms with van der Waals surface area (Å²) in [4.78, 5) is 0. The molecule has 3 aromatic rings. The van der Waals surface area contributed by atoms with Gasteiger partial charge < -0.3 is 4.42 Å². The second kappa shape index (κ2) is 5.79. The molecule has 3 rings (SSSR count). The molecule has 0 fully saturated rings. The van der Waals surface area contributed by atoms with E-state index in [0.717, 1.165) is 27.9 Å². The molecule has 4 heteroatoms. The Hall–Kier alpha value is -1.37. The number of para-hydroxylation sites is 1. The second-order valence-electron chi connectivity index (χ2n) is 5.22. The number of furan rings is 1. The van der Waals surface area contributed by atoms with Gasteiger partial charge in [-0.15, -0.1) is 0 Å². The van der Waals surface area contributed by atoms with E-state index in [4.69, 9.17) is 10.3 Å². The number of halogens is 1. The third kappa shape index (κ3) is 2.59. The number of hydrogen-bond acceptors (Lipinski definition) is 3. The molecule has 0 aliphatic heterocycles. The van der Waals surface area contributed by atoms with Crippen molar-refractivity contribution in [2.24, 2.45) is 5.84 Å². The maximum absolute atomic E-state index is 6.06. The molecule has 0 spiro atoms. The Labute approximate surface area is 137 Å². The summed E-state index contributed by atoms with van der Waals surface area (Å²) in [6.45, 7) is 4.15. The van der Waals surface area contributed by atoms with Gasteiger partial charge in [0.25, 0.3) is 0 Å². The maximum atomic E-state index is 6.06. The van der Waals surface area contributed by atoms with E-state index < -0.39 is 0 Å². The van der Waals surface area contributed by atoms with Gasteiger partial charge in [-0.25, -0.2) is 5.43 Å². The summed E-state index contributed by atoms with van der Waals surface area (Å²) in [5.41, 5.74) is 7.31.